The highest BCUT2D eigenvalue weighted by Crippen LogP contribution is 2.35. The Balaban J connectivity index is 1.82. The Morgan fingerprint density at radius 1 is 1.23 bits per heavy atom. The topological polar surface area (TPSA) is 49.4 Å². The van der Waals surface area contributed by atoms with E-state index in [0.29, 0.717) is 12.3 Å². The van der Waals surface area contributed by atoms with Gasteiger partial charge < -0.3 is 5.32 Å². The van der Waals surface area contributed by atoms with Crippen molar-refractivity contribution in [1.29, 1.82) is 0 Å². The van der Waals surface area contributed by atoms with E-state index in [1.165, 1.54) is 36.6 Å². The van der Waals surface area contributed by atoms with E-state index in [4.69, 9.17) is 0 Å². The maximum atomic E-state index is 12.7. The first-order valence-corrected chi connectivity index (χ1v) is 8.36. The number of nitrogens with zero attached hydrogens (tertiary/aromatic N) is 1. The summed E-state index contributed by atoms with van der Waals surface area (Å²) in [5.74, 6) is 0.192. The van der Waals surface area contributed by atoms with Gasteiger partial charge in [-0.3, -0.25) is 9.59 Å². The Bertz CT molecular complexity index is 576. The van der Waals surface area contributed by atoms with Crippen molar-refractivity contribution in [3.05, 3.63) is 23.8 Å². The molecule has 22 heavy (non-hydrogen) atoms. The van der Waals surface area contributed by atoms with Crippen molar-refractivity contribution in [1.82, 2.24) is 0 Å². The first-order valence-electron chi connectivity index (χ1n) is 8.36. The summed E-state index contributed by atoms with van der Waals surface area (Å²) in [5, 5.41) is 3.32. The van der Waals surface area contributed by atoms with Crippen molar-refractivity contribution in [2.75, 3.05) is 16.8 Å². The molecule has 0 radical (unpaired) electrons. The number of nitrogens with one attached hydrogen (secondary N) is 1. The fraction of sp³-hybridized carbons (Fsp3) is 0.556. The molecule has 0 aromatic heterocycles. The number of fused-ring (bicyclic) bond motifs is 1. The van der Waals surface area contributed by atoms with Crippen LogP contribution < -0.4 is 10.2 Å². The lowest BCUT2D eigenvalue weighted by Crippen LogP contribution is -2.37. The maximum Gasteiger partial charge on any atom is 0.234 e. The summed E-state index contributed by atoms with van der Waals surface area (Å²) in [6.07, 6.45) is 7.36. The van der Waals surface area contributed by atoms with Gasteiger partial charge in [0.1, 0.15) is 0 Å². The maximum absolute atomic E-state index is 12.7. The Morgan fingerprint density at radius 2 is 2.00 bits per heavy atom. The molecule has 0 spiro atoms. The van der Waals surface area contributed by atoms with Crippen LogP contribution in [0.5, 0.6) is 0 Å². The van der Waals surface area contributed by atoms with Crippen LogP contribution in [0, 0.1) is 5.92 Å². The van der Waals surface area contributed by atoms with Crippen molar-refractivity contribution in [2.45, 2.75) is 51.9 Å². The minimum atomic E-state index is -0.192. The van der Waals surface area contributed by atoms with Crippen molar-refractivity contribution in [2.24, 2.45) is 5.92 Å². The summed E-state index contributed by atoms with van der Waals surface area (Å²) >= 11 is 0. The van der Waals surface area contributed by atoms with E-state index in [2.05, 4.69) is 11.4 Å². The van der Waals surface area contributed by atoms with Gasteiger partial charge in [0.15, 0.2) is 0 Å². The summed E-state index contributed by atoms with van der Waals surface area (Å²) in [6, 6.07) is 5.87. The molecule has 2 aliphatic rings. The Labute approximate surface area is 131 Å². The van der Waals surface area contributed by atoms with Gasteiger partial charge in [0, 0.05) is 19.9 Å². The van der Waals surface area contributed by atoms with Gasteiger partial charge in [-0.15, -0.1) is 0 Å². The van der Waals surface area contributed by atoms with E-state index >= 15 is 0 Å². The number of imide groups is 1. The van der Waals surface area contributed by atoms with Crippen LogP contribution in [0.25, 0.3) is 0 Å². The molecule has 118 valence electrons. The molecule has 0 saturated heterocycles. The van der Waals surface area contributed by atoms with Crippen molar-refractivity contribution in [3.8, 4) is 0 Å². The average Bonchev–Trinajstić information content (AvgIpc) is 2.97. The Kier molecular flexibility index (Phi) is 4.46. The van der Waals surface area contributed by atoms with Crippen molar-refractivity contribution < 1.29 is 9.59 Å². The Morgan fingerprint density at radius 3 is 2.73 bits per heavy atom. The zero-order valence-corrected chi connectivity index (χ0v) is 13.2. The van der Waals surface area contributed by atoms with E-state index in [0.717, 1.165) is 37.2 Å². The van der Waals surface area contributed by atoms with Crippen LogP contribution in [0.3, 0.4) is 0 Å². The molecule has 4 heteroatoms. The van der Waals surface area contributed by atoms with Gasteiger partial charge in [-0.1, -0.05) is 31.4 Å². The van der Waals surface area contributed by atoms with Gasteiger partial charge in [-0.05, 0) is 36.8 Å². The average molecular weight is 300 g/mol. The molecule has 1 aliphatic heterocycles. The van der Waals surface area contributed by atoms with Crippen LogP contribution in [-0.4, -0.2) is 18.4 Å². The van der Waals surface area contributed by atoms with Crippen LogP contribution in [-0.2, 0) is 16.0 Å². The normalized spacial score (nSPS) is 17.7. The lowest BCUT2D eigenvalue weighted by Gasteiger charge is -2.26. The number of hydrogen-bond donors (Lipinski definition) is 1. The molecule has 1 N–H and O–H groups in total. The lowest BCUT2D eigenvalue weighted by molar-refractivity contribution is -0.126. The number of para-hydroxylation sites is 1. The van der Waals surface area contributed by atoms with E-state index in [1.54, 1.807) is 0 Å². The SMILES string of the molecule is CC(=O)N(C(=O)CC1CCCCC1)c1cccc2c1NCC2. The number of anilines is 2. The molecule has 1 heterocycles. The minimum absolute atomic E-state index is 0.0542. The first kappa shape index (κ1) is 15.1. The second kappa shape index (κ2) is 6.51. The molecule has 1 saturated carbocycles. The molecule has 1 aromatic rings. The van der Waals surface area contributed by atoms with E-state index in [1.807, 2.05) is 12.1 Å². The van der Waals surface area contributed by atoms with Gasteiger partial charge in [0.05, 0.1) is 11.4 Å². The minimum Gasteiger partial charge on any atom is -0.383 e. The second-order valence-electron chi connectivity index (χ2n) is 6.44. The second-order valence-corrected chi connectivity index (χ2v) is 6.44. The summed E-state index contributed by atoms with van der Waals surface area (Å²) in [6.45, 7) is 2.35. The lowest BCUT2D eigenvalue weighted by atomic mass is 9.86. The summed E-state index contributed by atoms with van der Waals surface area (Å²) in [7, 11) is 0. The third-order valence-electron chi connectivity index (χ3n) is 4.82. The smallest absolute Gasteiger partial charge is 0.234 e. The Hall–Kier alpha value is -1.84. The van der Waals surface area contributed by atoms with Gasteiger partial charge in [0.2, 0.25) is 11.8 Å². The summed E-state index contributed by atoms with van der Waals surface area (Å²) < 4.78 is 0. The van der Waals surface area contributed by atoms with E-state index in [-0.39, 0.29) is 11.8 Å². The van der Waals surface area contributed by atoms with Gasteiger partial charge in [-0.25, -0.2) is 4.90 Å². The third-order valence-corrected chi connectivity index (χ3v) is 4.82. The zero-order valence-electron chi connectivity index (χ0n) is 13.2. The van der Waals surface area contributed by atoms with Crippen LogP contribution in [0.1, 0.15) is 51.0 Å². The standard InChI is InChI=1S/C18H24N2O2/c1-13(21)20(17(22)12-14-6-3-2-4-7-14)16-9-5-8-15-10-11-19-18(15)16/h5,8-9,14,19H,2-4,6-7,10-12H2,1H3. The highest BCUT2D eigenvalue weighted by atomic mass is 16.2. The monoisotopic (exact) mass is 300 g/mol. The number of carbonyl (C=O) groups excluding carboxylic acids is 2. The summed E-state index contributed by atoms with van der Waals surface area (Å²) in [5.41, 5.74) is 2.87. The number of amides is 2. The number of carbonyl (C=O) groups is 2. The number of benzene rings is 1. The highest BCUT2D eigenvalue weighted by molar-refractivity contribution is 6.16. The fourth-order valence-electron chi connectivity index (χ4n) is 3.72. The van der Waals surface area contributed by atoms with Crippen LogP contribution in [0.2, 0.25) is 0 Å². The van der Waals surface area contributed by atoms with Crippen molar-refractivity contribution >= 4 is 23.2 Å². The molecular formula is C18H24N2O2. The van der Waals surface area contributed by atoms with Gasteiger partial charge in [-0.2, -0.15) is 0 Å². The molecule has 1 aromatic carbocycles. The van der Waals surface area contributed by atoms with Gasteiger partial charge >= 0.3 is 0 Å². The highest BCUT2D eigenvalue weighted by Gasteiger charge is 2.28. The number of hydrogen-bond acceptors (Lipinski definition) is 3. The van der Waals surface area contributed by atoms with Crippen LogP contribution in [0.15, 0.2) is 18.2 Å². The number of rotatable bonds is 3. The zero-order chi connectivity index (χ0) is 15.5. The quantitative estimate of drug-likeness (QED) is 0.929. The van der Waals surface area contributed by atoms with Crippen molar-refractivity contribution in [3.63, 3.8) is 0 Å². The molecule has 1 fully saturated rings. The molecule has 0 bridgehead atoms. The molecule has 2 amide bonds. The predicted molar refractivity (Wildman–Crippen MR) is 88.0 cm³/mol. The van der Waals surface area contributed by atoms with E-state index < -0.39 is 0 Å². The fourth-order valence-corrected chi connectivity index (χ4v) is 3.72. The third kappa shape index (κ3) is 3.01. The predicted octanol–water partition coefficient (Wildman–Crippen LogP) is 3.50. The molecule has 0 unspecified atom stereocenters. The molecule has 4 nitrogen and oxygen atoms in total. The molecule has 0 atom stereocenters. The summed E-state index contributed by atoms with van der Waals surface area (Å²) in [4.78, 5) is 26.2. The van der Waals surface area contributed by atoms with Crippen LogP contribution >= 0.6 is 0 Å². The molecule has 1 aliphatic carbocycles. The van der Waals surface area contributed by atoms with Crippen LogP contribution in [0.4, 0.5) is 11.4 Å². The largest absolute Gasteiger partial charge is 0.383 e. The molecule has 3 rings (SSSR count). The van der Waals surface area contributed by atoms with E-state index in [9.17, 15) is 9.59 Å². The van der Waals surface area contributed by atoms with Gasteiger partial charge in [0.25, 0.3) is 0 Å². The molecular weight excluding hydrogens is 276 g/mol. The first-order chi connectivity index (χ1) is 10.7.